The third-order valence-electron chi connectivity index (χ3n) is 4.83. The number of phenols is 1. The SMILES string of the molecule is CC(C)(C)c1cc(-c2nc3ccc(C(=N)N)cc3[nH]2)c(O)c(C(C)(C)C)c1. The molecule has 0 aliphatic heterocycles. The molecule has 0 amide bonds. The molecule has 5 N–H and O–H groups in total. The van der Waals surface area contributed by atoms with E-state index in [1.54, 1.807) is 6.07 Å². The monoisotopic (exact) mass is 364 g/mol. The van der Waals surface area contributed by atoms with Crippen LogP contribution in [0.3, 0.4) is 0 Å². The summed E-state index contributed by atoms with van der Waals surface area (Å²) in [6.45, 7) is 12.8. The number of nitrogens with one attached hydrogen (secondary N) is 2. The van der Waals surface area contributed by atoms with Crippen LogP contribution in [0.2, 0.25) is 0 Å². The molecule has 0 saturated carbocycles. The molecule has 1 heterocycles. The molecule has 0 atom stereocenters. The van der Waals surface area contributed by atoms with Crippen molar-refractivity contribution >= 4 is 16.9 Å². The molecule has 27 heavy (non-hydrogen) atoms. The van der Waals surface area contributed by atoms with E-state index >= 15 is 0 Å². The number of benzene rings is 2. The van der Waals surface area contributed by atoms with Crippen molar-refractivity contribution in [3.05, 3.63) is 47.0 Å². The molecule has 0 spiro atoms. The van der Waals surface area contributed by atoms with Crippen LogP contribution in [0, 0.1) is 5.41 Å². The number of fused-ring (bicyclic) bond motifs is 1. The van der Waals surface area contributed by atoms with E-state index < -0.39 is 0 Å². The second kappa shape index (κ2) is 6.12. The number of H-pyrrole nitrogens is 1. The summed E-state index contributed by atoms with van der Waals surface area (Å²) in [5.41, 5.74) is 10.3. The lowest BCUT2D eigenvalue weighted by Gasteiger charge is -2.27. The van der Waals surface area contributed by atoms with Gasteiger partial charge >= 0.3 is 0 Å². The van der Waals surface area contributed by atoms with Gasteiger partial charge in [0.2, 0.25) is 0 Å². The quantitative estimate of drug-likeness (QED) is 0.388. The number of aromatic nitrogens is 2. The maximum atomic E-state index is 11.0. The van der Waals surface area contributed by atoms with E-state index in [4.69, 9.17) is 11.1 Å². The smallest absolute Gasteiger partial charge is 0.142 e. The summed E-state index contributed by atoms with van der Waals surface area (Å²) in [5.74, 6) is 0.877. The normalized spacial score (nSPS) is 12.5. The number of rotatable bonds is 2. The first-order valence-electron chi connectivity index (χ1n) is 9.10. The number of aromatic amines is 1. The van der Waals surface area contributed by atoms with E-state index in [-0.39, 0.29) is 22.4 Å². The zero-order valence-electron chi connectivity index (χ0n) is 16.9. The summed E-state index contributed by atoms with van der Waals surface area (Å²) in [4.78, 5) is 7.95. The molecule has 142 valence electrons. The Bertz CT molecular complexity index is 1030. The summed E-state index contributed by atoms with van der Waals surface area (Å²) < 4.78 is 0. The summed E-state index contributed by atoms with van der Waals surface area (Å²) in [6.07, 6.45) is 0. The molecular weight excluding hydrogens is 336 g/mol. The summed E-state index contributed by atoms with van der Waals surface area (Å²) >= 11 is 0. The molecule has 3 aromatic rings. The average molecular weight is 364 g/mol. The fourth-order valence-corrected chi connectivity index (χ4v) is 3.12. The van der Waals surface area contributed by atoms with Crippen molar-refractivity contribution in [1.29, 1.82) is 5.41 Å². The van der Waals surface area contributed by atoms with Crippen LogP contribution in [0.4, 0.5) is 0 Å². The van der Waals surface area contributed by atoms with Gasteiger partial charge in [0.05, 0.1) is 16.6 Å². The fraction of sp³-hybridized carbons (Fsp3) is 0.364. The number of amidine groups is 1. The number of aromatic hydroxyl groups is 1. The fourth-order valence-electron chi connectivity index (χ4n) is 3.12. The predicted octanol–water partition coefficient (Wildman–Crippen LogP) is 4.81. The zero-order chi connectivity index (χ0) is 20.1. The molecule has 2 aromatic carbocycles. The molecule has 0 saturated heterocycles. The van der Waals surface area contributed by atoms with Crippen molar-refractivity contribution in [1.82, 2.24) is 9.97 Å². The second-order valence-electron chi connectivity index (χ2n) is 9.15. The van der Waals surface area contributed by atoms with E-state index in [0.717, 1.165) is 22.2 Å². The van der Waals surface area contributed by atoms with Crippen LogP contribution in [-0.4, -0.2) is 20.9 Å². The molecule has 0 unspecified atom stereocenters. The van der Waals surface area contributed by atoms with Gasteiger partial charge in [0.15, 0.2) is 0 Å². The molecule has 1 aromatic heterocycles. The summed E-state index contributed by atoms with van der Waals surface area (Å²) in [7, 11) is 0. The zero-order valence-corrected chi connectivity index (χ0v) is 16.9. The van der Waals surface area contributed by atoms with Gasteiger partial charge in [-0.05, 0) is 40.7 Å². The summed E-state index contributed by atoms with van der Waals surface area (Å²) in [5, 5.41) is 18.6. The van der Waals surface area contributed by atoms with Gasteiger partial charge in [0, 0.05) is 11.1 Å². The summed E-state index contributed by atoms with van der Waals surface area (Å²) in [6, 6.07) is 9.52. The maximum Gasteiger partial charge on any atom is 0.142 e. The van der Waals surface area contributed by atoms with E-state index in [1.807, 2.05) is 18.2 Å². The number of imidazole rings is 1. The van der Waals surface area contributed by atoms with Gasteiger partial charge in [-0.25, -0.2) is 4.98 Å². The number of nitrogen functional groups attached to an aromatic ring is 1. The van der Waals surface area contributed by atoms with Gasteiger partial charge in [-0.1, -0.05) is 47.6 Å². The molecule has 0 fully saturated rings. The molecule has 0 bridgehead atoms. The number of nitrogens with two attached hydrogens (primary N) is 1. The minimum absolute atomic E-state index is 0.0145. The Labute approximate surface area is 160 Å². The van der Waals surface area contributed by atoms with E-state index in [1.165, 1.54) is 0 Å². The van der Waals surface area contributed by atoms with Crippen LogP contribution in [0.1, 0.15) is 58.2 Å². The van der Waals surface area contributed by atoms with Gasteiger partial charge in [-0.3, -0.25) is 5.41 Å². The van der Waals surface area contributed by atoms with Crippen molar-refractivity contribution in [3.63, 3.8) is 0 Å². The van der Waals surface area contributed by atoms with E-state index in [0.29, 0.717) is 17.0 Å². The van der Waals surface area contributed by atoms with Crippen LogP contribution >= 0.6 is 0 Å². The Morgan fingerprint density at radius 3 is 2.26 bits per heavy atom. The molecule has 5 nitrogen and oxygen atoms in total. The highest BCUT2D eigenvalue weighted by Gasteiger charge is 2.26. The van der Waals surface area contributed by atoms with Gasteiger partial charge in [-0.2, -0.15) is 0 Å². The van der Waals surface area contributed by atoms with E-state index in [2.05, 4.69) is 57.6 Å². The Kier molecular flexibility index (Phi) is 4.29. The van der Waals surface area contributed by atoms with Crippen LogP contribution in [0.5, 0.6) is 5.75 Å². The van der Waals surface area contributed by atoms with Gasteiger partial charge < -0.3 is 15.8 Å². The molecule has 0 aliphatic carbocycles. The highest BCUT2D eigenvalue weighted by Crippen LogP contribution is 2.41. The highest BCUT2D eigenvalue weighted by atomic mass is 16.3. The maximum absolute atomic E-state index is 11.0. The third kappa shape index (κ3) is 3.54. The van der Waals surface area contributed by atoms with Crippen molar-refractivity contribution in [3.8, 4) is 17.1 Å². The van der Waals surface area contributed by atoms with Crippen LogP contribution < -0.4 is 5.73 Å². The lowest BCUT2D eigenvalue weighted by Crippen LogP contribution is -2.17. The highest BCUT2D eigenvalue weighted by molar-refractivity contribution is 5.98. The van der Waals surface area contributed by atoms with Gasteiger partial charge in [0.1, 0.15) is 17.4 Å². The lowest BCUT2D eigenvalue weighted by molar-refractivity contribution is 0.446. The third-order valence-corrected chi connectivity index (χ3v) is 4.83. The average Bonchev–Trinajstić information content (AvgIpc) is 2.95. The number of nitrogens with zero attached hydrogens (tertiary/aromatic N) is 1. The topological polar surface area (TPSA) is 98.8 Å². The second-order valence-corrected chi connectivity index (χ2v) is 9.15. The van der Waals surface area contributed by atoms with Crippen molar-refractivity contribution in [2.24, 2.45) is 5.73 Å². The standard InChI is InChI=1S/C22H28N4O/c1-21(2,3)13-10-14(18(27)15(11-13)22(4,5)6)20-25-16-8-7-12(19(23)24)9-17(16)26-20/h7-11,27H,1-6H3,(H3,23,24)(H,25,26). The number of hydrogen-bond donors (Lipinski definition) is 4. The van der Waals surface area contributed by atoms with Crippen molar-refractivity contribution in [2.75, 3.05) is 0 Å². The van der Waals surface area contributed by atoms with Crippen molar-refractivity contribution < 1.29 is 5.11 Å². The van der Waals surface area contributed by atoms with Crippen molar-refractivity contribution in [2.45, 2.75) is 52.4 Å². The first kappa shape index (κ1) is 19.0. The van der Waals surface area contributed by atoms with E-state index in [9.17, 15) is 5.11 Å². The first-order chi connectivity index (χ1) is 12.4. The molecule has 5 heteroatoms. The Morgan fingerprint density at radius 2 is 1.70 bits per heavy atom. The lowest BCUT2D eigenvalue weighted by atomic mass is 9.79. The molecule has 0 radical (unpaired) electrons. The van der Waals surface area contributed by atoms with Crippen LogP contribution in [0.25, 0.3) is 22.4 Å². The largest absolute Gasteiger partial charge is 0.507 e. The number of hydrogen-bond acceptors (Lipinski definition) is 3. The first-order valence-corrected chi connectivity index (χ1v) is 9.10. The predicted molar refractivity (Wildman–Crippen MR) is 112 cm³/mol. The van der Waals surface area contributed by atoms with Gasteiger partial charge in [0.25, 0.3) is 0 Å². The Balaban J connectivity index is 2.27. The minimum atomic E-state index is -0.200. The minimum Gasteiger partial charge on any atom is -0.507 e. The van der Waals surface area contributed by atoms with Crippen LogP contribution in [-0.2, 0) is 10.8 Å². The molecule has 0 aliphatic rings. The molecular formula is C22H28N4O. The van der Waals surface area contributed by atoms with Gasteiger partial charge in [-0.15, -0.1) is 0 Å². The Morgan fingerprint density at radius 1 is 1.04 bits per heavy atom. The Hall–Kier alpha value is -2.82. The van der Waals surface area contributed by atoms with Crippen LogP contribution in [0.15, 0.2) is 30.3 Å². The molecule has 3 rings (SSSR count). The number of phenolic OH excluding ortho intramolecular Hbond substituents is 1.